The van der Waals surface area contributed by atoms with Crippen LogP contribution in [0.1, 0.15) is 42.1 Å². The Morgan fingerprint density at radius 3 is 2.71 bits per heavy atom. The Balaban J connectivity index is 2.29. The van der Waals surface area contributed by atoms with E-state index in [1.807, 2.05) is 19.3 Å². The third-order valence-corrected chi connectivity index (χ3v) is 3.61. The Morgan fingerprint density at radius 1 is 1.35 bits per heavy atom. The molecule has 2 rings (SSSR count). The van der Waals surface area contributed by atoms with Crippen molar-refractivity contribution < 1.29 is 0 Å². The van der Waals surface area contributed by atoms with E-state index in [9.17, 15) is 0 Å². The Kier molecular flexibility index (Phi) is 3.86. The minimum Gasteiger partial charge on any atom is -0.307 e. The molecule has 1 atom stereocenters. The van der Waals surface area contributed by atoms with E-state index < -0.39 is 0 Å². The van der Waals surface area contributed by atoms with Gasteiger partial charge in [0.15, 0.2) is 0 Å². The monoisotopic (exact) mass is 247 g/mol. The highest BCUT2D eigenvalue weighted by atomic mass is 32.1. The first-order chi connectivity index (χ1) is 8.22. The summed E-state index contributed by atoms with van der Waals surface area (Å²) in [6, 6.07) is 4.17. The van der Waals surface area contributed by atoms with Crippen LogP contribution in [0.25, 0.3) is 0 Å². The highest BCUT2D eigenvalue weighted by molar-refractivity contribution is 7.09. The van der Waals surface area contributed by atoms with Crippen molar-refractivity contribution in [3.63, 3.8) is 0 Å². The van der Waals surface area contributed by atoms with E-state index >= 15 is 0 Å². The van der Waals surface area contributed by atoms with Gasteiger partial charge in [-0.1, -0.05) is 19.9 Å². The van der Waals surface area contributed by atoms with Crippen molar-refractivity contribution in [2.24, 2.45) is 0 Å². The van der Waals surface area contributed by atoms with Crippen LogP contribution in [0.4, 0.5) is 0 Å². The highest BCUT2D eigenvalue weighted by Crippen LogP contribution is 2.26. The number of thiazole rings is 1. The zero-order valence-electron chi connectivity index (χ0n) is 10.3. The maximum Gasteiger partial charge on any atom is 0.114 e. The molecule has 2 heterocycles. The van der Waals surface area contributed by atoms with Crippen molar-refractivity contribution in [2.45, 2.75) is 25.8 Å². The zero-order chi connectivity index (χ0) is 12.3. The van der Waals surface area contributed by atoms with Crippen molar-refractivity contribution in [3.8, 4) is 0 Å². The van der Waals surface area contributed by atoms with E-state index in [0.29, 0.717) is 5.92 Å². The van der Waals surface area contributed by atoms with Gasteiger partial charge in [0.1, 0.15) is 5.01 Å². The molecule has 90 valence electrons. The number of hydrogen-bond donors (Lipinski definition) is 1. The lowest BCUT2D eigenvalue weighted by molar-refractivity contribution is 0.676. The first-order valence-corrected chi connectivity index (χ1v) is 6.63. The van der Waals surface area contributed by atoms with Crippen molar-refractivity contribution in [3.05, 3.63) is 46.2 Å². The molecule has 17 heavy (non-hydrogen) atoms. The summed E-state index contributed by atoms with van der Waals surface area (Å²) >= 11 is 1.70. The summed E-state index contributed by atoms with van der Waals surface area (Å²) in [5.41, 5.74) is 2.31. The van der Waals surface area contributed by atoms with Crippen LogP contribution in [-0.4, -0.2) is 17.0 Å². The van der Waals surface area contributed by atoms with Gasteiger partial charge in [0.05, 0.1) is 11.7 Å². The fraction of sp³-hybridized carbons (Fsp3) is 0.385. The lowest BCUT2D eigenvalue weighted by Gasteiger charge is -2.13. The van der Waals surface area contributed by atoms with Crippen LogP contribution < -0.4 is 5.32 Å². The van der Waals surface area contributed by atoms with Gasteiger partial charge in [-0.05, 0) is 24.6 Å². The molecule has 0 aliphatic carbocycles. The third-order valence-electron chi connectivity index (χ3n) is 2.68. The van der Waals surface area contributed by atoms with E-state index in [2.05, 4.69) is 40.6 Å². The SMILES string of the molecule is CNC(c1cccnc1)c1nc(C(C)C)cs1. The predicted octanol–water partition coefficient (Wildman–Crippen LogP) is 2.97. The highest BCUT2D eigenvalue weighted by Gasteiger charge is 2.16. The van der Waals surface area contributed by atoms with Crippen LogP contribution in [0.15, 0.2) is 29.9 Å². The van der Waals surface area contributed by atoms with Gasteiger partial charge >= 0.3 is 0 Å². The van der Waals surface area contributed by atoms with Gasteiger partial charge in [0, 0.05) is 17.8 Å². The average Bonchev–Trinajstić information content (AvgIpc) is 2.81. The summed E-state index contributed by atoms with van der Waals surface area (Å²) in [5, 5.41) is 6.54. The van der Waals surface area contributed by atoms with Crippen LogP contribution >= 0.6 is 11.3 Å². The number of pyridine rings is 1. The Labute approximate surface area is 106 Å². The van der Waals surface area contributed by atoms with E-state index in [1.54, 1.807) is 17.5 Å². The number of nitrogens with one attached hydrogen (secondary N) is 1. The molecule has 2 aromatic rings. The van der Waals surface area contributed by atoms with Gasteiger partial charge in [-0.15, -0.1) is 11.3 Å². The maximum atomic E-state index is 4.69. The maximum absolute atomic E-state index is 4.69. The largest absolute Gasteiger partial charge is 0.307 e. The molecule has 0 bridgehead atoms. The van der Waals surface area contributed by atoms with Crippen LogP contribution in [0, 0.1) is 0 Å². The molecule has 0 spiro atoms. The molecular weight excluding hydrogens is 230 g/mol. The third kappa shape index (κ3) is 2.70. The molecule has 2 aromatic heterocycles. The van der Waals surface area contributed by atoms with Crippen LogP contribution in [0.2, 0.25) is 0 Å². The van der Waals surface area contributed by atoms with Crippen molar-refractivity contribution in [1.29, 1.82) is 0 Å². The summed E-state index contributed by atoms with van der Waals surface area (Å²) in [4.78, 5) is 8.84. The van der Waals surface area contributed by atoms with E-state index in [-0.39, 0.29) is 6.04 Å². The number of rotatable bonds is 4. The fourth-order valence-corrected chi connectivity index (χ4v) is 2.79. The molecule has 1 unspecified atom stereocenters. The molecule has 0 aliphatic rings. The Morgan fingerprint density at radius 2 is 2.18 bits per heavy atom. The second-order valence-electron chi connectivity index (χ2n) is 4.27. The van der Waals surface area contributed by atoms with Crippen molar-refractivity contribution >= 4 is 11.3 Å². The topological polar surface area (TPSA) is 37.8 Å². The molecule has 0 aliphatic heterocycles. The minimum absolute atomic E-state index is 0.140. The van der Waals surface area contributed by atoms with E-state index in [1.165, 1.54) is 0 Å². The fourth-order valence-electron chi connectivity index (χ4n) is 1.68. The molecular formula is C13H17N3S. The van der Waals surface area contributed by atoms with Gasteiger partial charge < -0.3 is 5.32 Å². The smallest absolute Gasteiger partial charge is 0.114 e. The summed E-state index contributed by atoms with van der Waals surface area (Å²) in [6.07, 6.45) is 3.68. The second-order valence-corrected chi connectivity index (χ2v) is 5.16. The van der Waals surface area contributed by atoms with Crippen LogP contribution in [0.3, 0.4) is 0 Å². The lowest BCUT2D eigenvalue weighted by Crippen LogP contribution is -2.17. The van der Waals surface area contributed by atoms with Gasteiger partial charge in [0.2, 0.25) is 0 Å². The molecule has 1 N–H and O–H groups in total. The van der Waals surface area contributed by atoms with Crippen molar-refractivity contribution in [1.82, 2.24) is 15.3 Å². The Hall–Kier alpha value is -1.26. The summed E-state index contributed by atoms with van der Waals surface area (Å²) in [7, 11) is 1.95. The molecule has 0 saturated carbocycles. The van der Waals surface area contributed by atoms with Crippen molar-refractivity contribution in [2.75, 3.05) is 7.05 Å². The Bertz CT molecular complexity index is 465. The summed E-state index contributed by atoms with van der Waals surface area (Å²) in [5.74, 6) is 0.478. The standard InChI is InChI=1S/C13H17N3S/c1-9(2)11-8-17-13(16-11)12(14-3)10-5-4-6-15-7-10/h4-9,12,14H,1-3H3. The number of hydrogen-bond acceptors (Lipinski definition) is 4. The zero-order valence-corrected chi connectivity index (χ0v) is 11.2. The summed E-state index contributed by atoms with van der Waals surface area (Å²) in [6.45, 7) is 4.33. The van der Waals surface area contributed by atoms with E-state index in [0.717, 1.165) is 16.3 Å². The molecule has 0 radical (unpaired) electrons. The molecule has 0 fully saturated rings. The normalized spacial score (nSPS) is 12.9. The molecule has 4 heteroatoms. The number of nitrogens with zero attached hydrogens (tertiary/aromatic N) is 2. The number of aromatic nitrogens is 2. The summed E-state index contributed by atoms with van der Waals surface area (Å²) < 4.78 is 0. The second kappa shape index (κ2) is 5.38. The minimum atomic E-state index is 0.140. The van der Waals surface area contributed by atoms with Gasteiger partial charge in [0.25, 0.3) is 0 Å². The van der Waals surface area contributed by atoms with Crippen LogP contribution in [0.5, 0.6) is 0 Å². The van der Waals surface area contributed by atoms with Gasteiger partial charge in [-0.2, -0.15) is 0 Å². The average molecular weight is 247 g/mol. The molecule has 0 saturated heterocycles. The first kappa shape index (κ1) is 12.2. The molecule has 0 amide bonds. The molecule has 3 nitrogen and oxygen atoms in total. The van der Waals surface area contributed by atoms with Crippen LogP contribution in [-0.2, 0) is 0 Å². The predicted molar refractivity (Wildman–Crippen MR) is 71.3 cm³/mol. The molecule has 0 aromatic carbocycles. The van der Waals surface area contributed by atoms with E-state index in [4.69, 9.17) is 0 Å². The quantitative estimate of drug-likeness (QED) is 0.902. The van der Waals surface area contributed by atoms with Gasteiger partial charge in [-0.3, -0.25) is 4.98 Å². The van der Waals surface area contributed by atoms with Gasteiger partial charge in [-0.25, -0.2) is 4.98 Å². The lowest BCUT2D eigenvalue weighted by atomic mass is 10.1. The first-order valence-electron chi connectivity index (χ1n) is 5.75.